The van der Waals surface area contributed by atoms with Gasteiger partial charge in [0.25, 0.3) is 5.91 Å². The van der Waals surface area contributed by atoms with Crippen molar-refractivity contribution in [3.8, 4) is 5.75 Å². The molecule has 0 bridgehead atoms. The molecule has 5 nitrogen and oxygen atoms in total. The predicted molar refractivity (Wildman–Crippen MR) is 115 cm³/mol. The van der Waals surface area contributed by atoms with Crippen LogP contribution in [0.4, 0.5) is 5.69 Å². The van der Waals surface area contributed by atoms with Crippen molar-refractivity contribution in [2.24, 2.45) is 0 Å². The minimum absolute atomic E-state index is 0.287. The topological polar surface area (TPSA) is 77.8 Å². The standard InChI is InChI=1S/C21H13NO4S2/c23-17-9-8-14(11-16(17)20(25)26)22-19(24)18(28-21(22)27)10-13-6-3-5-12-4-1-2-7-15(12)13/h1-11,23H,(H,25,26)/b18-10-. The Hall–Kier alpha value is -3.16. The van der Waals surface area contributed by atoms with Crippen LogP contribution in [0.3, 0.4) is 0 Å². The largest absolute Gasteiger partial charge is 0.507 e. The second-order valence-corrected chi connectivity index (χ2v) is 7.77. The van der Waals surface area contributed by atoms with Gasteiger partial charge in [0.2, 0.25) is 0 Å². The number of hydrogen-bond acceptors (Lipinski definition) is 5. The van der Waals surface area contributed by atoms with Crippen molar-refractivity contribution in [1.82, 2.24) is 0 Å². The fourth-order valence-corrected chi connectivity index (χ4v) is 4.33. The van der Waals surface area contributed by atoms with Crippen molar-refractivity contribution in [1.29, 1.82) is 0 Å². The lowest BCUT2D eigenvalue weighted by molar-refractivity contribution is -0.113. The van der Waals surface area contributed by atoms with Crippen LogP contribution in [0.5, 0.6) is 5.75 Å². The van der Waals surface area contributed by atoms with Crippen LogP contribution in [0.25, 0.3) is 16.8 Å². The monoisotopic (exact) mass is 407 g/mol. The average molecular weight is 407 g/mol. The number of aromatic carboxylic acids is 1. The number of carboxylic acids is 1. The predicted octanol–water partition coefficient (Wildman–Crippen LogP) is 4.65. The maximum atomic E-state index is 13.0. The molecule has 28 heavy (non-hydrogen) atoms. The normalized spacial score (nSPS) is 15.6. The van der Waals surface area contributed by atoms with E-state index in [1.807, 2.05) is 42.5 Å². The molecule has 1 saturated heterocycles. The first-order chi connectivity index (χ1) is 13.5. The Morgan fingerprint density at radius 2 is 1.82 bits per heavy atom. The van der Waals surface area contributed by atoms with Gasteiger partial charge in [-0.1, -0.05) is 66.4 Å². The number of carbonyl (C=O) groups is 2. The van der Waals surface area contributed by atoms with Crippen molar-refractivity contribution in [2.75, 3.05) is 4.90 Å². The minimum Gasteiger partial charge on any atom is -0.507 e. The van der Waals surface area contributed by atoms with Crippen LogP contribution in [0, 0.1) is 0 Å². The van der Waals surface area contributed by atoms with Crippen molar-refractivity contribution in [3.05, 3.63) is 76.7 Å². The van der Waals surface area contributed by atoms with Crippen LogP contribution >= 0.6 is 24.0 Å². The highest BCUT2D eigenvalue weighted by Crippen LogP contribution is 2.38. The first-order valence-corrected chi connectivity index (χ1v) is 9.50. The molecule has 138 valence electrons. The van der Waals surface area contributed by atoms with Gasteiger partial charge >= 0.3 is 5.97 Å². The summed E-state index contributed by atoms with van der Waals surface area (Å²) in [5.74, 6) is -1.98. The minimum atomic E-state index is -1.28. The van der Waals surface area contributed by atoms with Crippen LogP contribution < -0.4 is 4.90 Å². The quantitative estimate of drug-likeness (QED) is 0.486. The Morgan fingerprint density at radius 3 is 2.61 bits per heavy atom. The third-order valence-electron chi connectivity index (χ3n) is 4.37. The summed E-state index contributed by atoms with van der Waals surface area (Å²) < 4.78 is 0.304. The Bertz CT molecular complexity index is 1180. The lowest BCUT2D eigenvalue weighted by Gasteiger charge is -2.15. The molecule has 3 aromatic carbocycles. The molecule has 0 spiro atoms. The van der Waals surface area contributed by atoms with E-state index in [1.54, 1.807) is 6.08 Å². The average Bonchev–Trinajstić information content (AvgIpc) is 2.96. The second kappa shape index (κ2) is 7.10. The van der Waals surface area contributed by atoms with Gasteiger partial charge < -0.3 is 10.2 Å². The highest BCUT2D eigenvalue weighted by molar-refractivity contribution is 8.27. The Labute approximate surface area is 169 Å². The van der Waals surface area contributed by atoms with E-state index in [9.17, 15) is 19.8 Å². The van der Waals surface area contributed by atoms with Crippen LogP contribution in [0.1, 0.15) is 15.9 Å². The number of thiocarbonyl (C=S) groups is 1. The van der Waals surface area contributed by atoms with Gasteiger partial charge in [-0.05, 0) is 40.6 Å². The summed E-state index contributed by atoms with van der Waals surface area (Å²) >= 11 is 6.51. The molecule has 0 atom stereocenters. The van der Waals surface area contributed by atoms with Crippen molar-refractivity contribution < 1.29 is 19.8 Å². The summed E-state index contributed by atoms with van der Waals surface area (Å²) in [5, 5.41) is 21.0. The molecule has 0 radical (unpaired) electrons. The summed E-state index contributed by atoms with van der Waals surface area (Å²) in [5.41, 5.74) is 0.916. The molecule has 1 heterocycles. The number of rotatable bonds is 3. The van der Waals surface area contributed by atoms with Crippen molar-refractivity contribution >= 4 is 62.7 Å². The fraction of sp³-hybridized carbons (Fsp3) is 0. The molecule has 2 N–H and O–H groups in total. The molecule has 1 fully saturated rings. The zero-order chi connectivity index (χ0) is 19.8. The van der Waals surface area contributed by atoms with E-state index in [-0.39, 0.29) is 17.2 Å². The van der Waals surface area contributed by atoms with E-state index >= 15 is 0 Å². The molecule has 7 heteroatoms. The molecule has 0 saturated carbocycles. The number of aromatic hydroxyl groups is 1. The number of carbonyl (C=O) groups excluding carboxylic acids is 1. The number of phenols is 1. The number of amides is 1. The molecular weight excluding hydrogens is 394 g/mol. The number of carboxylic acid groups (broad SMARTS) is 1. The number of fused-ring (bicyclic) bond motifs is 1. The zero-order valence-electron chi connectivity index (χ0n) is 14.3. The second-order valence-electron chi connectivity index (χ2n) is 6.09. The molecule has 0 aromatic heterocycles. The lowest BCUT2D eigenvalue weighted by atomic mass is 10.0. The number of hydrogen-bond donors (Lipinski definition) is 2. The van der Waals surface area contributed by atoms with Crippen LogP contribution in [0.15, 0.2) is 65.6 Å². The van der Waals surface area contributed by atoms with Crippen molar-refractivity contribution in [2.45, 2.75) is 0 Å². The number of thioether (sulfide) groups is 1. The van der Waals surface area contributed by atoms with Crippen molar-refractivity contribution in [3.63, 3.8) is 0 Å². The van der Waals surface area contributed by atoms with Crippen LogP contribution in [-0.2, 0) is 4.79 Å². The van der Waals surface area contributed by atoms with E-state index in [0.29, 0.717) is 14.9 Å². The summed E-state index contributed by atoms with van der Waals surface area (Å²) in [6, 6.07) is 17.7. The molecule has 4 rings (SSSR count). The molecule has 0 unspecified atom stereocenters. The molecule has 1 aliphatic heterocycles. The smallest absolute Gasteiger partial charge is 0.339 e. The first kappa shape index (κ1) is 18.2. The van der Waals surface area contributed by atoms with E-state index in [0.717, 1.165) is 28.1 Å². The van der Waals surface area contributed by atoms with Gasteiger partial charge in [-0.3, -0.25) is 9.69 Å². The van der Waals surface area contributed by atoms with Gasteiger partial charge in [0.1, 0.15) is 11.3 Å². The molecule has 3 aromatic rings. The summed E-state index contributed by atoms with van der Waals surface area (Å²) in [6.07, 6.45) is 1.79. The van der Waals surface area contributed by atoms with Gasteiger partial charge in [0, 0.05) is 0 Å². The van der Waals surface area contributed by atoms with Gasteiger partial charge in [-0.2, -0.15) is 0 Å². The van der Waals surface area contributed by atoms with Crippen LogP contribution in [0.2, 0.25) is 0 Å². The summed E-state index contributed by atoms with van der Waals surface area (Å²) in [7, 11) is 0. The van der Waals surface area contributed by atoms with E-state index in [4.69, 9.17) is 12.2 Å². The Morgan fingerprint density at radius 1 is 1.07 bits per heavy atom. The SMILES string of the molecule is O=C(O)c1cc(N2C(=O)/C(=C/c3cccc4ccccc34)SC2=S)ccc1O. The third kappa shape index (κ3) is 3.15. The number of nitrogens with zero attached hydrogens (tertiary/aromatic N) is 1. The van der Waals surface area contributed by atoms with E-state index in [1.165, 1.54) is 23.1 Å². The molecular formula is C21H13NO4S2. The first-order valence-electron chi connectivity index (χ1n) is 8.28. The van der Waals surface area contributed by atoms with E-state index < -0.39 is 5.97 Å². The van der Waals surface area contributed by atoms with Gasteiger partial charge in [0.05, 0.1) is 10.6 Å². The molecule has 1 amide bonds. The van der Waals surface area contributed by atoms with Gasteiger partial charge in [-0.25, -0.2) is 4.79 Å². The third-order valence-corrected chi connectivity index (χ3v) is 5.67. The van der Waals surface area contributed by atoms with Gasteiger partial charge in [0.15, 0.2) is 4.32 Å². The van der Waals surface area contributed by atoms with E-state index in [2.05, 4.69) is 0 Å². The molecule has 0 aliphatic carbocycles. The molecule has 1 aliphatic rings. The highest BCUT2D eigenvalue weighted by atomic mass is 32.2. The summed E-state index contributed by atoms with van der Waals surface area (Å²) in [6.45, 7) is 0. The highest BCUT2D eigenvalue weighted by Gasteiger charge is 2.34. The summed E-state index contributed by atoms with van der Waals surface area (Å²) in [4.78, 5) is 26.0. The lowest BCUT2D eigenvalue weighted by Crippen LogP contribution is -2.27. The Balaban J connectivity index is 1.74. The van der Waals surface area contributed by atoms with Gasteiger partial charge in [-0.15, -0.1) is 0 Å². The Kier molecular flexibility index (Phi) is 4.62. The fourth-order valence-electron chi connectivity index (χ4n) is 3.04. The number of benzene rings is 3. The zero-order valence-corrected chi connectivity index (χ0v) is 16.0. The van der Waals surface area contributed by atoms with Crippen LogP contribution in [-0.4, -0.2) is 26.4 Å². The number of anilines is 1. The maximum absolute atomic E-state index is 13.0. The maximum Gasteiger partial charge on any atom is 0.339 e.